The summed E-state index contributed by atoms with van der Waals surface area (Å²) in [4.78, 5) is 27.1. The number of hydrogen-bond acceptors (Lipinski definition) is 5. The zero-order chi connectivity index (χ0) is 26.5. The highest BCUT2D eigenvalue weighted by molar-refractivity contribution is 7.07. The summed E-state index contributed by atoms with van der Waals surface area (Å²) in [6.45, 7) is 18.4. The molecule has 0 bridgehead atoms. The molecule has 0 saturated carbocycles. The molecule has 0 N–H and O–H groups in total. The van der Waals surface area contributed by atoms with Gasteiger partial charge in [0, 0.05) is 0 Å². The van der Waals surface area contributed by atoms with Crippen LogP contribution in [0.15, 0.2) is 35.0 Å². The van der Waals surface area contributed by atoms with E-state index in [0.29, 0.717) is 5.20 Å². The number of esters is 2. The minimum Gasteiger partial charge on any atom is -0.466 e. The second-order valence-corrected chi connectivity index (χ2v) is 14.0. The number of hydrogen-bond donors (Lipinski definition) is 0. The molecule has 0 spiro atoms. The molecule has 1 unspecified atom stereocenters. The summed E-state index contributed by atoms with van der Waals surface area (Å²) in [6.07, 6.45) is -0.643. The predicted octanol–water partition coefficient (Wildman–Crippen LogP) is 4.22. The van der Waals surface area contributed by atoms with Crippen molar-refractivity contribution in [2.45, 2.75) is 68.4 Å². The summed E-state index contributed by atoms with van der Waals surface area (Å²) in [5.41, 5.74) is 6.21. The van der Waals surface area contributed by atoms with Crippen LogP contribution in [-0.4, -0.2) is 40.6 Å². The summed E-state index contributed by atoms with van der Waals surface area (Å²) in [7, 11) is -0.831. The van der Waals surface area contributed by atoms with Gasteiger partial charge in [-0.05, 0) is 79.6 Å². The maximum absolute atomic E-state index is 13.7. The zero-order valence-electron chi connectivity index (χ0n) is 22.9. The predicted molar refractivity (Wildman–Crippen MR) is 142 cm³/mol. The van der Waals surface area contributed by atoms with Gasteiger partial charge in [-0.15, -0.1) is 0 Å². The van der Waals surface area contributed by atoms with Crippen molar-refractivity contribution in [2.75, 3.05) is 14.2 Å². The molecule has 0 aliphatic carbocycles. The van der Waals surface area contributed by atoms with Crippen LogP contribution in [0.25, 0.3) is 0 Å². The number of benzene rings is 2. The molecule has 5 nitrogen and oxygen atoms in total. The second-order valence-electron chi connectivity index (χ2n) is 10.9. The van der Waals surface area contributed by atoms with E-state index in [1.165, 1.54) is 14.2 Å². The van der Waals surface area contributed by atoms with Crippen molar-refractivity contribution in [3.05, 3.63) is 68.4 Å². The van der Waals surface area contributed by atoms with Crippen LogP contribution in [0.2, 0.25) is 0 Å². The van der Waals surface area contributed by atoms with Gasteiger partial charge in [-0.3, -0.25) is 0 Å². The van der Waals surface area contributed by atoms with Gasteiger partial charge in [-0.25, -0.2) is 9.59 Å². The van der Waals surface area contributed by atoms with Gasteiger partial charge in [-0.1, -0.05) is 56.2 Å². The summed E-state index contributed by atoms with van der Waals surface area (Å²) in [6, 6.07) is 8.49. The van der Waals surface area contributed by atoms with E-state index >= 15 is 0 Å². The molecule has 35 heavy (non-hydrogen) atoms. The highest BCUT2D eigenvalue weighted by atomic mass is 28.4. The lowest BCUT2D eigenvalue weighted by atomic mass is 9.84. The van der Waals surface area contributed by atoms with E-state index in [4.69, 9.17) is 13.9 Å². The van der Waals surface area contributed by atoms with E-state index < -0.39 is 31.8 Å². The third-order valence-electron chi connectivity index (χ3n) is 6.82. The largest absolute Gasteiger partial charge is 0.466 e. The SMILES string of the molecule is COC(=O)C1=C(C(=O)OC)[Si](c2c(C)cc(C)cc2C)(c2c(C)cc(C)cc2C)OC1C(C)(C)C. The lowest BCUT2D eigenvalue weighted by Crippen LogP contribution is -2.66. The smallest absolute Gasteiger partial charge is 0.336 e. The zero-order valence-corrected chi connectivity index (χ0v) is 23.9. The van der Waals surface area contributed by atoms with Crippen molar-refractivity contribution in [3.63, 3.8) is 0 Å². The maximum Gasteiger partial charge on any atom is 0.336 e. The fourth-order valence-electron chi connectivity index (χ4n) is 5.86. The Morgan fingerprint density at radius 3 is 1.43 bits per heavy atom. The van der Waals surface area contributed by atoms with Gasteiger partial charge < -0.3 is 13.9 Å². The van der Waals surface area contributed by atoms with Crippen molar-refractivity contribution in [1.29, 1.82) is 0 Å². The van der Waals surface area contributed by atoms with E-state index in [1.54, 1.807) is 0 Å². The van der Waals surface area contributed by atoms with Crippen molar-refractivity contribution >= 4 is 30.6 Å². The molecule has 2 aromatic carbocycles. The van der Waals surface area contributed by atoms with E-state index in [2.05, 4.69) is 65.8 Å². The molecule has 1 aliphatic heterocycles. The van der Waals surface area contributed by atoms with Gasteiger partial charge in [0.15, 0.2) is 0 Å². The third kappa shape index (κ3) is 4.38. The third-order valence-corrected chi connectivity index (χ3v) is 11.6. The Bertz CT molecular complexity index is 1130. The summed E-state index contributed by atoms with van der Waals surface area (Å²) < 4.78 is 17.8. The van der Waals surface area contributed by atoms with Crippen LogP contribution in [-0.2, 0) is 23.5 Å². The van der Waals surface area contributed by atoms with Crippen molar-refractivity contribution in [3.8, 4) is 0 Å². The van der Waals surface area contributed by atoms with Gasteiger partial charge in [0.25, 0.3) is 8.32 Å². The standard InChI is InChI=1S/C29H38O5Si/c1-16-12-18(3)23(19(4)13-16)35(24-20(5)14-17(2)15-21(24)6)25(28(31)33-11)22(27(30)32-10)26(34-35)29(7,8)9/h12-15,26H,1-11H3. The molecule has 188 valence electrons. The molecule has 3 rings (SSSR count). The number of ether oxygens (including phenoxy) is 2. The van der Waals surface area contributed by atoms with Crippen molar-refractivity contribution < 1.29 is 23.5 Å². The van der Waals surface area contributed by atoms with Gasteiger partial charge in [0.2, 0.25) is 0 Å². The van der Waals surface area contributed by atoms with Crippen LogP contribution in [0.5, 0.6) is 0 Å². The molecule has 1 atom stereocenters. The normalized spacial score (nSPS) is 17.5. The minimum absolute atomic E-state index is 0.275. The molecular weight excluding hydrogens is 456 g/mol. The lowest BCUT2D eigenvalue weighted by Gasteiger charge is -2.37. The van der Waals surface area contributed by atoms with Crippen LogP contribution in [0.3, 0.4) is 0 Å². The van der Waals surface area contributed by atoms with E-state index in [0.717, 1.165) is 43.8 Å². The summed E-state index contributed by atoms with van der Waals surface area (Å²) in [5, 5.41) is 2.32. The molecule has 6 heteroatoms. The van der Waals surface area contributed by atoms with Gasteiger partial charge in [0.1, 0.15) is 0 Å². The minimum atomic E-state index is -3.53. The molecule has 0 radical (unpaired) electrons. The molecule has 0 amide bonds. The molecule has 0 aromatic heterocycles. The van der Waals surface area contributed by atoms with E-state index in [9.17, 15) is 9.59 Å². The Morgan fingerprint density at radius 2 is 1.11 bits per heavy atom. The lowest BCUT2D eigenvalue weighted by molar-refractivity contribution is -0.139. The monoisotopic (exact) mass is 494 g/mol. The van der Waals surface area contributed by atoms with Crippen LogP contribution in [0.1, 0.15) is 54.2 Å². The van der Waals surface area contributed by atoms with Crippen LogP contribution in [0.4, 0.5) is 0 Å². The first kappa shape index (κ1) is 26.9. The molecule has 1 aliphatic rings. The summed E-state index contributed by atoms with van der Waals surface area (Å²) >= 11 is 0. The molecule has 0 saturated heterocycles. The number of methoxy groups -OCH3 is 2. The fourth-order valence-corrected chi connectivity index (χ4v) is 11.3. The number of aryl methyl sites for hydroxylation is 6. The van der Waals surface area contributed by atoms with Crippen molar-refractivity contribution in [2.24, 2.45) is 5.41 Å². The number of carbonyl (C=O) groups excluding carboxylic acids is 2. The molecule has 2 aromatic rings. The Hall–Kier alpha value is -2.70. The highest BCUT2D eigenvalue weighted by Crippen LogP contribution is 2.43. The Kier molecular flexibility index (Phi) is 7.22. The average Bonchev–Trinajstić information content (AvgIpc) is 3.07. The van der Waals surface area contributed by atoms with Gasteiger partial charge in [0.05, 0.1) is 31.1 Å². The first-order valence-electron chi connectivity index (χ1n) is 12.0. The summed E-state index contributed by atoms with van der Waals surface area (Å²) in [5.74, 6) is -1.09. The van der Waals surface area contributed by atoms with Crippen LogP contribution < -0.4 is 10.4 Å². The van der Waals surface area contributed by atoms with E-state index in [1.807, 2.05) is 20.8 Å². The molecule has 0 fully saturated rings. The highest BCUT2D eigenvalue weighted by Gasteiger charge is 2.61. The van der Waals surface area contributed by atoms with Crippen LogP contribution >= 0.6 is 0 Å². The fraction of sp³-hybridized carbons (Fsp3) is 0.448. The topological polar surface area (TPSA) is 61.8 Å². The number of carbonyl (C=O) groups is 2. The molecular formula is C29H38O5Si. The first-order valence-corrected chi connectivity index (χ1v) is 13.9. The van der Waals surface area contributed by atoms with Crippen LogP contribution in [0, 0.1) is 47.0 Å². The Balaban J connectivity index is 2.67. The Morgan fingerprint density at radius 1 is 0.743 bits per heavy atom. The second kappa shape index (κ2) is 9.39. The van der Waals surface area contributed by atoms with E-state index in [-0.39, 0.29) is 5.57 Å². The average molecular weight is 495 g/mol. The van der Waals surface area contributed by atoms with Gasteiger partial charge in [-0.2, -0.15) is 0 Å². The number of rotatable bonds is 4. The molecule has 1 heterocycles. The quantitative estimate of drug-likeness (QED) is 0.470. The maximum atomic E-state index is 13.7. The van der Waals surface area contributed by atoms with Crippen molar-refractivity contribution in [1.82, 2.24) is 0 Å². The Labute approximate surface area is 210 Å². The van der Waals surface area contributed by atoms with Gasteiger partial charge >= 0.3 is 11.9 Å². The first-order chi connectivity index (χ1) is 16.2.